The van der Waals surface area contributed by atoms with Gasteiger partial charge in [-0.2, -0.15) is 0 Å². The van der Waals surface area contributed by atoms with Gasteiger partial charge in [-0.15, -0.1) is 0 Å². The number of rotatable bonds is 0. The highest BCUT2D eigenvalue weighted by molar-refractivity contribution is 6.32. The van der Waals surface area contributed by atoms with E-state index in [1.807, 2.05) is 25.3 Å². The second-order valence-corrected chi connectivity index (χ2v) is 5.36. The molecule has 0 amide bonds. The van der Waals surface area contributed by atoms with Crippen molar-refractivity contribution in [2.45, 2.75) is 33.1 Å². The molecule has 1 aromatic carbocycles. The molecule has 1 nitrogen and oxygen atoms in total. The van der Waals surface area contributed by atoms with Gasteiger partial charge >= 0.3 is 0 Å². The van der Waals surface area contributed by atoms with Crippen LogP contribution in [-0.2, 0) is 5.41 Å². The van der Waals surface area contributed by atoms with Gasteiger partial charge in [0.15, 0.2) is 0 Å². The molecule has 0 saturated carbocycles. The summed E-state index contributed by atoms with van der Waals surface area (Å²) in [5.41, 5.74) is 3.26. The van der Waals surface area contributed by atoms with Crippen LogP contribution in [0.2, 0.25) is 5.02 Å². The van der Waals surface area contributed by atoms with Gasteiger partial charge in [0.05, 0.1) is 6.26 Å². The molecular formula is C13H15ClO. The zero-order chi connectivity index (χ0) is 11.2. The summed E-state index contributed by atoms with van der Waals surface area (Å²) < 4.78 is 5.60. The fourth-order valence-electron chi connectivity index (χ4n) is 1.79. The number of fused-ring (bicyclic) bond motifs is 1. The van der Waals surface area contributed by atoms with Crippen molar-refractivity contribution in [3.63, 3.8) is 0 Å². The molecule has 15 heavy (non-hydrogen) atoms. The van der Waals surface area contributed by atoms with E-state index in [2.05, 4.69) is 20.8 Å². The van der Waals surface area contributed by atoms with Gasteiger partial charge < -0.3 is 4.42 Å². The number of halogens is 1. The Kier molecular flexibility index (Phi) is 2.31. The number of furan rings is 1. The second-order valence-electron chi connectivity index (χ2n) is 4.95. The summed E-state index contributed by atoms with van der Waals surface area (Å²) in [6, 6.07) is 3.97. The van der Waals surface area contributed by atoms with E-state index >= 15 is 0 Å². The Labute approximate surface area is 95.0 Å². The first-order valence-corrected chi connectivity index (χ1v) is 5.46. The Morgan fingerprint density at radius 1 is 1.20 bits per heavy atom. The third kappa shape index (κ3) is 1.65. The van der Waals surface area contributed by atoms with Crippen LogP contribution in [0.5, 0.6) is 0 Å². The van der Waals surface area contributed by atoms with Crippen molar-refractivity contribution in [1.82, 2.24) is 0 Å². The van der Waals surface area contributed by atoms with Gasteiger partial charge in [-0.3, -0.25) is 0 Å². The van der Waals surface area contributed by atoms with Gasteiger partial charge in [0, 0.05) is 21.5 Å². The van der Waals surface area contributed by atoms with E-state index in [1.165, 1.54) is 10.9 Å². The van der Waals surface area contributed by atoms with Crippen LogP contribution in [0.15, 0.2) is 22.8 Å². The van der Waals surface area contributed by atoms with E-state index in [9.17, 15) is 0 Å². The third-order valence-corrected chi connectivity index (χ3v) is 3.14. The number of hydrogen-bond donors (Lipinski definition) is 0. The van der Waals surface area contributed by atoms with Crippen molar-refractivity contribution in [2.24, 2.45) is 0 Å². The molecule has 2 heteroatoms. The lowest BCUT2D eigenvalue weighted by molar-refractivity contribution is 0.556. The van der Waals surface area contributed by atoms with Crippen molar-refractivity contribution >= 4 is 22.6 Å². The molecule has 0 fully saturated rings. The highest BCUT2D eigenvalue weighted by Gasteiger charge is 2.20. The van der Waals surface area contributed by atoms with Crippen molar-refractivity contribution in [1.29, 1.82) is 0 Å². The molecule has 1 heterocycles. The molecule has 2 aromatic rings. The monoisotopic (exact) mass is 222 g/mol. The molecule has 1 aromatic heterocycles. The maximum atomic E-state index is 6.05. The zero-order valence-corrected chi connectivity index (χ0v) is 10.3. The molecule has 0 atom stereocenters. The van der Waals surface area contributed by atoms with E-state index in [1.54, 1.807) is 0 Å². The Morgan fingerprint density at radius 2 is 1.87 bits per heavy atom. The Bertz CT molecular complexity index is 503. The van der Waals surface area contributed by atoms with Gasteiger partial charge in [0.2, 0.25) is 0 Å². The molecule has 0 aliphatic heterocycles. The minimum Gasteiger partial charge on any atom is -0.464 e. The third-order valence-electron chi connectivity index (χ3n) is 2.73. The maximum Gasteiger partial charge on any atom is 0.138 e. The molecule has 0 N–H and O–H groups in total. The summed E-state index contributed by atoms with van der Waals surface area (Å²) in [7, 11) is 0. The molecule has 0 aliphatic rings. The SMILES string of the molecule is Cc1c(Cl)ccc2c(C(C)(C)C)coc12. The molecule has 0 unspecified atom stereocenters. The first kappa shape index (κ1) is 10.6. The summed E-state index contributed by atoms with van der Waals surface area (Å²) in [5.74, 6) is 0. The minimum absolute atomic E-state index is 0.103. The molecule has 0 aliphatic carbocycles. The van der Waals surface area contributed by atoms with E-state index in [0.29, 0.717) is 0 Å². The quantitative estimate of drug-likeness (QED) is 0.630. The van der Waals surface area contributed by atoms with Crippen molar-refractivity contribution in [3.8, 4) is 0 Å². The average Bonchev–Trinajstić information content (AvgIpc) is 2.54. The predicted octanol–water partition coefficient (Wildman–Crippen LogP) is 4.69. The standard InChI is InChI=1S/C13H15ClO/c1-8-11(14)6-5-9-10(13(2,3)4)7-15-12(8)9/h5-7H,1-4H3. The summed E-state index contributed by atoms with van der Waals surface area (Å²) in [5, 5.41) is 1.93. The van der Waals surface area contributed by atoms with Gasteiger partial charge in [-0.25, -0.2) is 0 Å². The normalized spacial score (nSPS) is 12.3. The summed E-state index contributed by atoms with van der Waals surface area (Å²) in [4.78, 5) is 0. The largest absolute Gasteiger partial charge is 0.464 e. The van der Waals surface area contributed by atoms with Gasteiger partial charge in [0.1, 0.15) is 5.58 Å². The van der Waals surface area contributed by atoms with E-state index in [-0.39, 0.29) is 5.41 Å². The van der Waals surface area contributed by atoms with Crippen molar-refractivity contribution < 1.29 is 4.42 Å². The Hall–Kier alpha value is -0.950. The molecule has 0 radical (unpaired) electrons. The lowest BCUT2D eigenvalue weighted by atomic mass is 9.86. The van der Waals surface area contributed by atoms with Crippen molar-refractivity contribution in [2.75, 3.05) is 0 Å². The lowest BCUT2D eigenvalue weighted by Gasteiger charge is -2.16. The van der Waals surface area contributed by atoms with E-state index < -0.39 is 0 Å². The topological polar surface area (TPSA) is 13.1 Å². The zero-order valence-electron chi connectivity index (χ0n) is 9.52. The molecular weight excluding hydrogens is 208 g/mol. The first-order valence-electron chi connectivity index (χ1n) is 5.08. The van der Waals surface area contributed by atoms with Crippen molar-refractivity contribution in [3.05, 3.63) is 34.5 Å². The van der Waals surface area contributed by atoms with Crippen LogP contribution in [0.4, 0.5) is 0 Å². The van der Waals surface area contributed by atoms with Crippen LogP contribution in [0.25, 0.3) is 11.0 Å². The maximum absolute atomic E-state index is 6.05. The Balaban J connectivity index is 2.78. The predicted molar refractivity (Wildman–Crippen MR) is 64.7 cm³/mol. The highest BCUT2D eigenvalue weighted by atomic mass is 35.5. The van der Waals surface area contributed by atoms with Crippen LogP contribution in [0.1, 0.15) is 31.9 Å². The fraction of sp³-hybridized carbons (Fsp3) is 0.385. The van der Waals surface area contributed by atoms with Crippen LogP contribution < -0.4 is 0 Å². The van der Waals surface area contributed by atoms with Crippen LogP contribution in [-0.4, -0.2) is 0 Å². The molecule has 0 bridgehead atoms. The number of hydrogen-bond acceptors (Lipinski definition) is 1. The van der Waals surface area contributed by atoms with E-state index in [4.69, 9.17) is 16.0 Å². The molecule has 0 saturated heterocycles. The first-order chi connectivity index (χ1) is 6.91. The van der Waals surface area contributed by atoms with Crippen LogP contribution in [0, 0.1) is 6.92 Å². The van der Waals surface area contributed by atoms with Gasteiger partial charge in [-0.1, -0.05) is 32.4 Å². The lowest BCUT2D eigenvalue weighted by Crippen LogP contribution is -2.09. The molecule has 80 valence electrons. The van der Waals surface area contributed by atoms with Gasteiger partial charge in [-0.05, 0) is 24.5 Å². The smallest absolute Gasteiger partial charge is 0.138 e. The highest BCUT2D eigenvalue weighted by Crippen LogP contribution is 2.35. The second kappa shape index (κ2) is 3.28. The fourth-order valence-corrected chi connectivity index (χ4v) is 1.94. The number of benzene rings is 1. The molecule has 2 rings (SSSR count). The Morgan fingerprint density at radius 3 is 2.47 bits per heavy atom. The van der Waals surface area contributed by atoms with E-state index in [0.717, 1.165) is 16.2 Å². The summed E-state index contributed by atoms with van der Waals surface area (Å²) >= 11 is 6.05. The van der Waals surface area contributed by atoms with Crippen LogP contribution in [0.3, 0.4) is 0 Å². The number of aryl methyl sites for hydroxylation is 1. The van der Waals surface area contributed by atoms with Gasteiger partial charge in [0.25, 0.3) is 0 Å². The summed E-state index contributed by atoms with van der Waals surface area (Å²) in [6.07, 6.45) is 1.84. The van der Waals surface area contributed by atoms with Crippen LogP contribution >= 0.6 is 11.6 Å². The summed E-state index contributed by atoms with van der Waals surface area (Å²) in [6.45, 7) is 8.53. The minimum atomic E-state index is 0.103. The molecule has 0 spiro atoms. The average molecular weight is 223 g/mol.